The van der Waals surface area contributed by atoms with E-state index in [-0.39, 0.29) is 18.0 Å². The molecule has 2 nitrogen and oxygen atoms in total. The molecule has 1 N–H and O–H groups in total. The van der Waals surface area contributed by atoms with Crippen LogP contribution < -0.4 is 5.32 Å². The fourth-order valence-corrected chi connectivity index (χ4v) is 3.11. The lowest BCUT2D eigenvalue weighted by atomic mass is 9.69. The van der Waals surface area contributed by atoms with E-state index in [2.05, 4.69) is 26.1 Å². The summed E-state index contributed by atoms with van der Waals surface area (Å²) in [6.45, 7) is 6.63. The topological polar surface area (TPSA) is 15.3 Å². The standard InChI is InChI=1S/C14H28F2N2/c1-14(2,3)10-6-7-11(17-4)12(8-10)18(5)9-13(15)16/h10-13,17H,6-9H2,1-5H3. The van der Waals surface area contributed by atoms with Gasteiger partial charge >= 0.3 is 0 Å². The number of hydrogen-bond donors (Lipinski definition) is 1. The van der Waals surface area contributed by atoms with Crippen molar-refractivity contribution in [3.8, 4) is 0 Å². The van der Waals surface area contributed by atoms with Crippen LogP contribution in [0.5, 0.6) is 0 Å². The van der Waals surface area contributed by atoms with Gasteiger partial charge in [0.15, 0.2) is 0 Å². The predicted octanol–water partition coefficient (Wildman–Crippen LogP) is 2.99. The number of nitrogens with zero attached hydrogens (tertiary/aromatic N) is 1. The van der Waals surface area contributed by atoms with E-state index in [0.717, 1.165) is 12.8 Å². The maximum absolute atomic E-state index is 12.5. The van der Waals surface area contributed by atoms with Crippen molar-refractivity contribution in [3.05, 3.63) is 0 Å². The van der Waals surface area contributed by atoms with Crippen molar-refractivity contribution in [2.75, 3.05) is 20.6 Å². The zero-order valence-corrected chi connectivity index (χ0v) is 12.3. The average molecular weight is 262 g/mol. The third-order valence-corrected chi connectivity index (χ3v) is 4.40. The molecule has 0 bridgehead atoms. The van der Waals surface area contributed by atoms with Gasteiger partial charge in [-0.2, -0.15) is 0 Å². The highest BCUT2D eigenvalue weighted by molar-refractivity contribution is 4.93. The summed E-state index contributed by atoms with van der Waals surface area (Å²) in [5, 5.41) is 3.29. The van der Waals surface area contributed by atoms with Crippen molar-refractivity contribution in [3.63, 3.8) is 0 Å². The monoisotopic (exact) mass is 262 g/mol. The van der Waals surface area contributed by atoms with Crippen molar-refractivity contribution in [1.82, 2.24) is 10.2 Å². The number of halogens is 2. The van der Waals surface area contributed by atoms with Gasteiger partial charge in [0, 0.05) is 12.1 Å². The van der Waals surface area contributed by atoms with Crippen molar-refractivity contribution < 1.29 is 8.78 Å². The van der Waals surface area contributed by atoms with Gasteiger partial charge < -0.3 is 5.32 Å². The quantitative estimate of drug-likeness (QED) is 0.838. The average Bonchev–Trinajstić information content (AvgIpc) is 2.26. The van der Waals surface area contributed by atoms with Crippen LogP contribution in [0.2, 0.25) is 0 Å². The van der Waals surface area contributed by atoms with Gasteiger partial charge in [0.25, 0.3) is 6.43 Å². The maximum Gasteiger partial charge on any atom is 0.251 e. The van der Waals surface area contributed by atoms with Crippen LogP contribution in [0.4, 0.5) is 8.78 Å². The molecule has 1 rings (SSSR count). The summed E-state index contributed by atoms with van der Waals surface area (Å²) in [6, 6.07) is 0.564. The Bertz CT molecular complexity index is 251. The van der Waals surface area contributed by atoms with Gasteiger partial charge in [0.05, 0.1) is 6.54 Å². The van der Waals surface area contributed by atoms with Crippen molar-refractivity contribution >= 4 is 0 Å². The number of hydrogen-bond acceptors (Lipinski definition) is 2. The van der Waals surface area contributed by atoms with Gasteiger partial charge in [-0.3, -0.25) is 4.90 Å². The zero-order chi connectivity index (χ0) is 13.9. The van der Waals surface area contributed by atoms with Gasteiger partial charge in [-0.25, -0.2) is 8.78 Å². The Morgan fingerprint density at radius 3 is 2.33 bits per heavy atom. The summed E-state index contributed by atoms with van der Waals surface area (Å²) in [7, 11) is 3.76. The first-order chi connectivity index (χ1) is 8.25. The van der Waals surface area contributed by atoms with Crippen molar-refractivity contribution in [2.45, 2.75) is 58.5 Å². The molecular weight excluding hydrogens is 234 g/mol. The minimum Gasteiger partial charge on any atom is -0.315 e. The van der Waals surface area contributed by atoms with E-state index in [9.17, 15) is 8.78 Å². The van der Waals surface area contributed by atoms with E-state index >= 15 is 0 Å². The molecule has 0 spiro atoms. The number of nitrogens with one attached hydrogen (secondary N) is 1. The first-order valence-corrected chi connectivity index (χ1v) is 6.91. The van der Waals surface area contributed by atoms with Crippen molar-refractivity contribution in [1.29, 1.82) is 0 Å². The molecule has 4 heteroatoms. The third kappa shape index (κ3) is 4.16. The van der Waals surface area contributed by atoms with E-state index in [4.69, 9.17) is 0 Å². The molecule has 0 aromatic heterocycles. The second kappa shape index (κ2) is 6.29. The summed E-state index contributed by atoms with van der Waals surface area (Å²) in [4.78, 5) is 1.84. The lowest BCUT2D eigenvalue weighted by molar-refractivity contribution is 0.0327. The van der Waals surface area contributed by atoms with Crippen LogP contribution in [0.1, 0.15) is 40.0 Å². The molecule has 1 aliphatic rings. The Morgan fingerprint density at radius 2 is 1.89 bits per heavy atom. The summed E-state index contributed by atoms with van der Waals surface area (Å²) < 4.78 is 25.1. The third-order valence-electron chi connectivity index (χ3n) is 4.40. The minimum absolute atomic E-state index is 0.125. The normalized spacial score (nSPS) is 30.2. The largest absolute Gasteiger partial charge is 0.315 e. The van der Waals surface area contributed by atoms with Gasteiger partial charge in [0.2, 0.25) is 0 Å². The molecule has 108 valence electrons. The fourth-order valence-electron chi connectivity index (χ4n) is 3.11. The second-order valence-corrected chi connectivity index (χ2v) is 6.67. The maximum atomic E-state index is 12.5. The van der Waals surface area contributed by atoms with E-state index in [1.165, 1.54) is 6.42 Å². The Labute approximate surface area is 110 Å². The van der Waals surface area contributed by atoms with E-state index < -0.39 is 6.43 Å². The Morgan fingerprint density at radius 1 is 1.28 bits per heavy atom. The van der Waals surface area contributed by atoms with Gasteiger partial charge in [0.1, 0.15) is 0 Å². The number of rotatable bonds is 4. The molecule has 0 aromatic carbocycles. The highest BCUT2D eigenvalue weighted by Gasteiger charge is 2.37. The van der Waals surface area contributed by atoms with E-state index in [1.54, 1.807) is 0 Å². The van der Waals surface area contributed by atoms with Gasteiger partial charge in [-0.1, -0.05) is 20.8 Å². The summed E-state index contributed by atoms with van der Waals surface area (Å²) in [5.74, 6) is 0.618. The molecule has 18 heavy (non-hydrogen) atoms. The van der Waals surface area contributed by atoms with Crippen LogP contribution in [0.3, 0.4) is 0 Å². The van der Waals surface area contributed by atoms with Crippen LogP contribution in [-0.2, 0) is 0 Å². The van der Waals surface area contributed by atoms with Gasteiger partial charge in [-0.05, 0) is 44.7 Å². The van der Waals surface area contributed by atoms with E-state index in [1.807, 2.05) is 19.0 Å². The summed E-state index contributed by atoms with van der Waals surface area (Å²) in [6.07, 6.45) is 1.03. The molecule has 0 radical (unpaired) electrons. The second-order valence-electron chi connectivity index (χ2n) is 6.67. The molecule has 0 aliphatic heterocycles. The number of likely N-dealkylation sites (N-methyl/N-ethyl adjacent to an activating group) is 2. The molecule has 0 heterocycles. The molecule has 3 atom stereocenters. The number of alkyl halides is 2. The SMILES string of the molecule is CNC1CCC(C(C)(C)C)CC1N(C)CC(F)F. The summed E-state index contributed by atoms with van der Waals surface area (Å²) in [5.41, 5.74) is 0.267. The molecule has 0 saturated heterocycles. The molecule has 1 aliphatic carbocycles. The smallest absolute Gasteiger partial charge is 0.251 e. The highest BCUT2D eigenvalue weighted by atomic mass is 19.3. The highest BCUT2D eigenvalue weighted by Crippen LogP contribution is 2.39. The minimum atomic E-state index is -2.25. The fraction of sp³-hybridized carbons (Fsp3) is 1.00. The molecule has 3 unspecified atom stereocenters. The first-order valence-electron chi connectivity index (χ1n) is 6.91. The van der Waals surface area contributed by atoms with Crippen LogP contribution in [0.25, 0.3) is 0 Å². The van der Waals surface area contributed by atoms with Crippen LogP contribution >= 0.6 is 0 Å². The zero-order valence-electron chi connectivity index (χ0n) is 12.3. The Hall–Kier alpha value is -0.220. The lowest BCUT2D eigenvalue weighted by Gasteiger charge is -2.45. The Kier molecular flexibility index (Phi) is 5.53. The Balaban J connectivity index is 2.70. The summed E-state index contributed by atoms with van der Waals surface area (Å²) >= 11 is 0. The molecule has 1 fully saturated rings. The van der Waals surface area contributed by atoms with Crippen molar-refractivity contribution in [2.24, 2.45) is 11.3 Å². The molecule has 0 aromatic rings. The van der Waals surface area contributed by atoms with Crippen LogP contribution in [0.15, 0.2) is 0 Å². The molecule has 1 saturated carbocycles. The van der Waals surface area contributed by atoms with Crippen LogP contribution in [0, 0.1) is 11.3 Å². The van der Waals surface area contributed by atoms with Gasteiger partial charge in [-0.15, -0.1) is 0 Å². The predicted molar refractivity (Wildman–Crippen MR) is 72.1 cm³/mol. The first kappa shape index (κ1) is 15.8. The van der Waals surface area contributed by atoms with E-state index in [0.29, 0.717) is 12.0 Å². The van der Waals surface area contributed by atoms with Crippen LogP contribution in [-0.4, -0.2) is 44.0 Å². The molecular formula is C14H28F2N2. The lowest BCUT2D eigenvalue weighted by Crippen LogP contribution is -2.53. The molecule has 0 amide bonds.